The second-order valence-corrected chi connectivity index (χ2v) is 10.3. The van der Waals surface area contributed by atoms with Crippen LogP contribution in [0.3, 0.4) is 0 Å². The molecule has 0 bridgehead atoms. The summed E-state index contributed by atoms with van der Waals surface area (Å²) in [6.07, 6.45) is 11.3. The molecule has 10 nitrogen and oxygen atoms in total. The van der Waals surface area contributed by atoms with Crippen LogP contribution in [0.25, 0.3) is 16.7 Å². The Labute approximate surface area is 214 Å². The van der Waals surface area contributed by atoms with E-state index in [-0.39, 0.29) is 23.7 Å². The number of urea groups is 1. The van der Waals surface area contributed by atoms with Crippen LogP contribution in [0, 0.1) is 5.92 Å². The standard InChI is InChI=1S/C27H31N7O3/c35-25-22(6-5-20(19-7-12-28-13-8-19)17-33(25)16-18-3-4-18)30-26(36)32-14-9-21(10-15-32)34-23-2-1-11-29-24(23)31-27(34)37/h1-2,5,7-8,11-13,18,21-22H,3-4,6,9-10,14-17H2,(H,30,36)(H,29,31,37). The van der Waals surface area contributed by atoms with Crippen LogP contribution in [0.2, 0.25) is 0 Å². The van der Waals surface area contributed by atoms with Crippen molar-refractivity contribution in [3.8, 4) is 0 Å². The number of rotatable bonds is 5. The van der Waals surface area contributed by atoms with Crippen LogP contribution in [-0.4, -0.2) is 73.5 Å². The fourth-order valence-corrected chi connectivity index (χ4v) is 5.48. The van der Waals surface area contributed by atoms with Crippen molar-refractivity contribution in [1.29, 1.82) is 0 Å². The van der Waals surface area contributed by atoms with Gasteiger partial charge in [-0.25, -0.2) is 14.6 Å². The van der Waals surface area contributed by atoms with Crippen molar-refractivity contribution in [2.24, 2.45) is 5.92 Å². The molecular formula is C27H31N7O3. The summed E-state index contributed by atoms with van der Waals surface area (Å²) in [5, 5.41) is 3.02. The normalized spacial score (nSPS) is 21.1. The number of H-pyrrole nitrogens is 1. The summed E-state index contributed by atoms with van der Waals surface area (Å²) in [4.78, 5) is 54.1. The molecule has 3 aromatic rings. The van der Waals surface area contributed by atoms with Gasteiger partial charge in [-0.15, -0.1) is 0 Å². The zero-order valence-corrected chi connectivity index (χ0v) is 20.7. The van der Waals surface area contributed by atoms with E-state index >= 15 is 0 Å². The number of carbonyl (C=O) groups is 2. The van der Waals surface area contributed by atoms with Crippen molar-refractivity contribution < 1.29 is 9.59 Å². The molecule has 1 aliphatic carbocycles. The summed E-state index contributed by atoms with van der Waals surface area (Å²) in [6.45, 7) is 2.31. The Kier molecular flexibility index (Phi) is 6.23. The summed E-state index contributed by atoms with van der Waals surface area (Å²) in [7, 11) is 0. The van der Waals surface area contributed by atoms with E-state index in [9.17, 15) is 14.4 Å². The number of hydrogen-bond acceptors (Lipinski definition) is 5. The second-order valence-electron chi connectivity index (χ2n) is 10.3. The molecule has 2 fully saturated rings. The number of aromatic amines is 1. The van der Waals surface area contributed by atoms with Crippen molar-refractivity contribution in [3.05, 3.63) is 65.0 Å². The Bertz CT molecular complexity index is 1380. The summed E-state index contributed by atoms with van der Waals surface area (Å²) >= 11 is 0. The van der Waals surface area contributed by atoms with Gasteiger partial charge in [0.1, 0.15) is 6.04 Å². The van der Waals surface area contributed by atoms with Crippen molar-refractivity contribution in [2.75, 3.05) is 26.2 Å². The van der Waals surface area contributed by atoms with Crippen LogP contribution >= 0.6 is 0 Å². The Balaban J connectivity index is 1.13. The van der Waals surface area contributed by atoms with Gasteiger partial charge in [0.05, 0.1) is 5.52 Å². The molecule has 1 saturated heterocycles. The third-order valence-electron chi connectivity index (χ3n) is 7.70. The number of nitrogens with zero attached hydrogens (tertiary/aromatic N) is 5. The minimum atomic E-state index is -0.592. The van der Waals surface area contributed by atoms with E-state index in [4.69, 9.17) is 0 Å². The highest BCUT2D eigenvalue weighted by atomic mass is 16.2. The Morgan fingerprint density at radius 1 is 1.05 bits per heavy atom. The average Bonchev–Trinajstić information content (AvgIpc) is 3.70. The third kappa shape index (κ3) is 4.87. The van der Waals surface area contributed by atoms with E-state index in [0.717, 1.165) is 36.0 Å². The number of amides is 3. The molecule has 2 N–H and O–H groups in total. The number of aromatic nitrogens is 4. The lowest BCUT2D eigenvalue weighted by Crippen LogP contribution is -2.53. The smallest absolute Gasteiger partial charge is 0.327 e. The molecule has 10 heteroatoms. The van der Waals surface area contributed by atoms with Crippen LogP contribution in [0.4, 0.5) is 4.79 Å². The van der Waals surface area contributed by atoms with Crippen molar-refractivity contribution in [2.45, 2.75) is 44.2 Å². The highest BCUT2D eigenvalue weighted by Crippen LogP contribution is 2.32. The Morgan fingerprint density at radius 3 is 2.59 bits per heavy atom. The van der Waals surface area contributed by atoms with Crippen molar-refractivity contribution >= 4 is 28.7 Å². The topological polar surface area (TPSA) is 116 Å². The van der Waals surface area contributed by atoms with Gasteiger partial charge in [-0.1, -0.05) is 6.08 Å². The van der Waals surface area contributed by atoms with Crippen LogP contribution in [0.5, 0.6) is 0 Å². The molecule has 1 saturated carbocycles. The minimum absolute atomic E-state index is 0.00565. The quantitative estimate of drug-likeness (QED) is 0.557. The van der Waals surface area contributed by atoms with Gasteiger partial charge in [-0.2, -0.15) is 0 Å². The highest BCUT2D eigenvalue weighted by molar-refractivity contribution is 5.90. The zero-order chi connectivity index (χ0) is 25.4. The first-order valence-corrected chi connectivity index (χ1v) is 13.1. The maximum absolute atomic E-state index is 13.5. The van der Waals surface area contributed by atoms with Crippen LogP contribution in [0.1, 0.15) is 43.7 Å². The number of carbonyl (C=O) groups excluding carboxylic acids is 2. The SMILES string of the molecule is O=C(NC1CC=C(c2ccncc2)CN(CC2CC2)C1=O)N1CCC(n2c(=O)[nH]c3ncccc32)CC1. The largest absolute Gasteiger partial charge is 0.336 e. The predicted octanol–water partition coefficient (Wildman–Crippen LogP) is 2.56. The monoisotopic (exact) mass is 501 g/mol. The number of pyridine rings is 2. The van der Waals surface area contributed by atoms with Gasteiger partial charge in [-0.3, -0.25) is 19.3 Å². The van der Waals surface area contributed by atoms with Crippen LogP contribution < -0.4 is 11.0 Å². The maximum atomic E-state index is 13.5. The molecule has 6 rings (SSSR count). The van der Waals surface area contributed by atoms with E-state index in [1.54, 1.807) is 28.1 Å². The minimum Gasteiger partial charge on any atom is -0.336 e. The van der Waals surface area contributed by atoms with Gasteiger partial charge < -0.3 is 15.1 Å². The zero-order valence-electron chi connectivity index (χ0n) is 20.7. The molecule has 2 aliphatic heterocycles. The predicted molar refractivity (Wildman–Crippen MR) is 139 cm³/mol. The number of likely N-dealkylation sites (tertiary alicyclic amines) is 1. The Morgan fingerprint density at radius 2 is 1.84 bits per heavy atom. The van der Waals surface area contributed by atoms with Crippen LogP contribution in [-0.2, 0) is 4.79 Å². The van der Waals surface area contributed by atoms with Gasteiger partial charge in [0.15, 0.2) is 5.65 Å². The molecule has 5 heterocycles. The molecule has 192 valence electrons. The maximum Gasteiger partial charge on any atom is 0.327 e. The van der Waals surface area contributed by atoms with Crippen molar-refractivity contribution in [3.63, 3.8) is 0 Å². The first-order chi connectivity index (χ1) is 18.1. The molecule has 0 radical (unpaired) electrons. The van der Waals surface area contributed by atoms with Crippen LogP contribution in [0.15, 0.2) is 53.7 Å². The highest BCUT2D eigenvalue weighted by Gasteiger charge is 2.34. The van der Waals surface area contributed by atoms with Gasteiger partial charge in [0.25, 0.3) is 0 Å². The molecule has 1 atom stereocenters. The summed E-state index contributed by atoms with van der Waals surface area (Å²) in [5.74, 6) is 0.535. The first-order valence-electron chi connectivity index (χ1n) is 13.1. The molecular weight excluding hydrogens is 470 g/mol. The number of hydrogen-bond donors (Lipinski definition) is 2. The first kappa shape index (κ1) is 23.4. The van der Waals surface area contributed by atoms with E-state index in [2.05, 4.69) is 26.3 Å². The van der Waals surface area contributed by atoms with E-state index < -0.39 is 6.04 Å². The van der Waals surface area contributed by atoms with E-state index in [1.165, 1.54) is 0 Å². The molecule has 3 aliphatic rings. The van der Waals surface area contributed by atoms with Gasteiger partial charge >= 0.3 is 11.7 Å². The molecule has 3 aromatic heterocycles. The average molecular weight is 502 g/mol. The fourth-order valence-electron chi connectivity index (χ4n) is 5.48. The number of imidazole rings is 1. The Hall–Kier alpha value is -3.95. The number of fused-ring (bicyclic) bond motifs is 1. The lowest BCUT2D eigenvalue weighted by Gasteiger charge is -2.34. The van der Waals surface area contributed by atoms with E-state index in [0.29, 0.717) is 50.5 Å². The molecule has 1 unspecified atom stereocenters. The summed E-state index contributed by atoms with van der Waals surface area (Å²) in [5.41, 5.74) is 3.34. The van der Waals surface area contributed by atoms with Gasteiger partial charge in [0, 0.05) is 50.8 Å². The van der Waals surface area contributed by atoms with Crippen molar-refractivity contribution in [1.82, 2.24) is 34.6 Å². The lowest BCUT2D eigenvalue weighted by molar-refractivity contribution is -0.132. The second kappa shape index (κ2) is 9.84. The molecule has 3 amide bonds. The molecule has 0 spiro atoms. The number of piperidine rings is 1. The van der Waals surface area contributed by atoms with E-state index in [1.807, 2.05) is 29.2 Å². The molecule has 37 heavy (non-hydrogen) atoms. The van der Waals surface area contributed by atoms with Gasteiger partial charge in [-0.05, 0) is 73.4 Å². The third-order valence-corrected chi connectivity index (χ3v) is 7.70. The molecule has 0 aromatic carbocycles. The fraction of sp³-hybridized carbons (Fsp3) is 0.444. The summed E-state index contributed by atoms with van der Waals surface area (Å²) in [6, 6.07) is 6.81. The van der Waals surface area contributed by atoms with Gasteiger partial charge in [0.2, 0.25) is 5.91 Å². The number of nitrogens with one attached hydrogen (secondary N) is 2. The lowest BCUT2D eigenvalue weighted by atomic mass is 10.0. The summed E-state index contributed by atoms with van der Waals surface area (Å²) < 4.78 is 1.76.